The fourth-order valence-electron chi connectivity index (χ4n) is 3.56. The molecule has 0 bridgehead atoms. The third-order valence-electron chi connectivity index (χ3n) is 5.33. The predicted molar refractivity (Wildman–Crippen MR) is 97.7 cm³/mol. The first-order valence-electron chi connectivity index (χ1n) is 9.00. The van der Waals surface area contributed by atoms with Crippen LogP contribution in [-0.4, -0.2) is 55.0 Å². The van der Waals surface area contributed by atoms with E-state index in [4.69, 9.17) is 0 Å². The second-order valence-corrected chi connectivity index (χ2v) is 9.15. The van der Waals surface area contributed by atoms with E-state index in [9.17, 15) is 23.6 Å². The van der Waals surface area contributed by atoms with Gasteiger partial charge in [-0.15, -0.1) is 0 Å². The largest absolute Gasteiger partial charge is 0.393 e. The van der Waals surface area contributed by atoms with Crippen LogP contribution >= 0.6 is 0 Å². The second kappa shape index (κ2) is 7.50. The number of benzene rings is 1. The number of piperidine rings is 2. The normalized spacial score (nSPS) is 21.1. The molecule has 2 saturated heterocycles. The first kappa shape index (κ1) is 19.1. The molecule has 0 unspecified atom stereocenters. The predicted octanol–water partition coefficient (Wildman–Crippen LogP) is 1.98. The molecule has 0 aromatic heterocycles. The number of nitro benzene ring substituents is 1. The number of aliphatic hydroxyl groups excluding tert-OH is 1. The van der Waals surface area contributed by atoms with Crippen molar-refractivity contribution in [3.05, 3.63) is 28.3 Å². The first-order chi connectivity index (χ1) is 12.3. The summed E-state index contributed by atoms with van der Waals surface area (Å²) in [6.07, 6.45) is 2.31. The number of anilines is 1. The van der Waals surface area contributed by atoms with Crippen molar-refractivity contribution in [3.8, 4) is 0 Å². The van der Waals surface area contributed by atoms with Gasteiger partial charge >= 0.3 is 0 Å². The van der Waals surface area contributed by atoms with Crippen LogP contribution in [0.2, 0.25) is 0 Å². The van der Waals surface area contributed by atoms with Gasteiger partial charge in [0, 0.05) is 32.2 Å². The average molecular weight is 383 g/mol. The fraction of sp³-hybridized carbons (Fsp3) is 0.647. The summed E-state index contributed by atoms with van der Waals surface area (Å²) in [6, 6.07) is 4.16. The molecular formula is C17H25N3O5S. The minimum absolute atomic E-state index is 0.0282. The van der Waals surface area contributed by atoms with Gasteiger partial charge in [-0.25, -0.2) is 8.42 Å². The summed E-state index contributed by atoms with van der Waals surface area (Å²) in [6.45, 7) is 4.02. The molecule has 2 aliphatic heterocycles. The Morgan fingerprint density at radius 2 is 1.73 bits per heavy atom. The van der Waals surface area contributed by atoms with Crippen LogP contribution in [0.15, 0.2) is 23.1 Å². The summed E-state index contributed by atoms with van der Waals surface area (Å²) in [5.74, 6) is 0.493. The summed E-state index contributed by atoms with van der Waals surface area (Å²) in [7, 11) is -3.73. The molecule has 0 atom stereocenters. The Kier molecular flexibility index (Phi) is 5.50. The summed E-state index contributed by atoms with van der Waals surface area (Å²) >= 11 is 0. The molecule has 0 spiro atoms. The highest BCUT2D eigenvalue weighted by Gasteiger charge is 2.31. The van der Waals surface area contributed by atoms with E-state index >= 15 is 0 Å². The number of hydrogen-bond acceptors (Lipinski definition) is 6. The SMILES string of the molecule is CC1CCN(S(=O)(=O)c2ccc(N3CCC(O)CC3)c([N+](=O)[O-])c2)CC1. The number of hydrogen-bond donors (Lipinski definition) is 1. The number of sulfonamides is 1. The van der Waals surface area contributed by atoms with Crippen LogP contribution in [0.25, 0.3) is 0 Å². The summed E-state index contributed by atoms with van der Waals surface area (Å²) < 4.78 is 27.1. The monoisotopic (exact) mass is 383 g/mol. The minimum Gasteiger partial charge on any atom is -0.393 e. The Labute approximate surface area is 153 Å². The number of nitro groups is 1. The van der Waals surface area contributed by atoms with Crippen molar-refractivity contribution in [2.45, 2.75) is 43.6 Å². The molecule has 1 aromatic rings. The molecule has 9 heteroatoms. The number of rotatable bonds is 4. The average Bonchev–Trinajstić information content (AvgIpc) is 2.62. The first-order valence-corrected chi connectivity index (χ1v) is 10.4. The van der Waals surface area contributed by atoms with Gasteiger partial charge in [0.25, 0.3) is 5.69 Å². The van der Waals surface area contributed by atoms with E-state index in [2.05, 4.69) is 6.92 Å². The highest BCUT2D eigenvalue weighted by atomic mass is 32.2. The number of nitrogens with zero attached hydrogens (tertiary/aromatic N) is 3. The van der Waals surface area contributed by atoms with Crippen molar-refractivity contribution in [3.63, 3.8) is 0 Å². The van der Waals surface area contributed by atoms with Crippen molar-refractivity contribution in [2.24, 2.45) is 5.92 Å². The van der Waals surface area contributed by atoms with Gasteiger partial charge in [-0.3, -0.25) is 10.1 Å². The van der Waals surface area contributed by atoms with Gasteiger partial charge in [0.05, 0.1) is 15.9 Å². The van der Waals surface area contributed by atoms with E-state index in [-0.39, 0.29) is 16.7 Å². The van der Waals surface area contributed by atoms with Crippen LogP contribution in [0.1, 0.15) is 32.6 Å². The van der Waals surface area contributed by atoms with Crippen molar-refractivity contribution >= 4 is 21.4 Å². The Morgan fingerprint density at radius 3 is 2.31 bits per heavy atom. The van der Waals surface area contributed by atoms with Gasteiger partial charge in [0.2, 0.25) is 10.0 Å². The van der Waals surface area contributed by atoms with Crippen molar-refractivity contribution in [1.82, 2.24) is 4.31 Å². The molecular weight excluding hydrogens is 358 g/mol. The van der Waals surface area contributed by atoms with Gasteiger partial charge in [-0.2, -0.15) is 4.31 Å². The van der Waals surface area contributed by atoms with Crippen molar-refractivity contribution in [2.75, 3.05) is 31.1 Å². The molecule has 2 fully saturated rings. The maximum Gasteiger partial charge on any atom is 0.293 e. The van der Waals surface area contributed by atoms with Gasteiger partial charge in [0.15, 0.2) is 0 Å². The molecule has 3 rings (SSSR count). The summed E-state index contributed by atoms with van der Waals surface area (Å²) in [4.78, 5) is 12.8. The maximum absolute atomic E-state index is 12.9. The van der Waals surface area contributed by atoms with E-state index in [1.807, 2.05) is 4.90 Å². The lowest BCUT2D eigenvalue weighted by Crippen LogP contribution is -2.38. The quantitative estimate of drug-likeness (QED) is 0.630. The summed E-state index contributed by atoms with van der Waals surface area (Å²) in [5, 5.41) is 21.2. The highest BCUT2D eigenvalue weighted by Crippen LogP contribution is 2.34. The molecule has 1 aromatic carbocycles. The zero-order valence-corrected chi connectivity index (χ0v) is 15.7. The van der Waals surface area contributed by atoms with Crippen LogP contribution in [0, 0.1) is 16.0 Å². The molecule has 0 radical (unpaired) electrons. The lowest BCUT2D eigenvalue weighted by molar-refractivity contribution is -0.384. The van der Waals surface area contributed by atoms with E-state index in [1.54, 1.807) is 0 Å². The minimum atomic E-state index is -3.73. The second-order valence-electron chi connectivity index (χ2n) is 7.21. The Hall–Kier alpha value is -1.71. The molecule has 8 nitrogen and oxygen atoms in total. The molecule has 1 N–H and O–H groups in total. The van der Waals surface area contributed by atoms with Crippen LogP contribution < -0.4 is 4.90 Å². The van der Waals surface area contributed by atoms with Crippen molar-refractivity contribution in [1.29, 1.82) is 0 Å². The lowest BCUT2D eigenvalue weighted by Gasteiger charge is -2.31. The van der Waals surface area contributed by atoms with Gasteiger partial charge in [-0.1, -0.05) is 6.92 Å². The Bertz CT molecular complexity index is 767. The topological polar surface area (TPSA) is 104 Å². The van der Waals surface area contributed by atoms with Crippen LogP contribution in [0.4, 0.5) is 11.4 Å². The summed E-state index contributed by atoms with van der Waals surface area (Å²) in [5.41, 5.74) is 0.209. The van der Waals surface area contributed by atoms with E-state index in [0.717, 1.165) is 12.8 Å². The Balaban J connectivity index is 1.90. The van der Waals surface area contributed by atoms with Gasteiger partial charge in [0.1, 0.15) is 5.69 Å². The molecule has 26 heavy (non-hydrogen) atoms. The fourth-order valence-corrected chi connectivity index (χ4v) is 5.05. The molecule has 144 valence electrons. The molecule has 0 aliphatic carbocycles. The van der Waals surface area contributed by atoms with Crippen LogP contribution in [-0.2, 0) is 10.0 Å². The van der Waals surface area contributed by atoms with Gasteiger partial charge < -0.3 is 10.0 Å². The molecule has 0 amide bonds. The molecule has 2 heterocycles. The number of aliphatic hydroxyl groups is 1. The van der Waals surface area contributed by atoms with E-state index in [0.29, 0.717) is 50.6 Å². The van der Waals surface area contributed by atoms with E-state index in [1.165, 1.54) is 22.5 Å². The maximum atomic E-state index is 12.9. The van der Waals surface area contributed by atoms with Crippen molar-refractivity contribution < 1.29 is 18.4 Å². The van der Waals surface area contributed by atoms with Crippen LogP contribution in [0.5, 0.6) is 0 Å². The lowest BCUT2D eigenvalue weighted by atomic mass is 10.0. The Morgan fingerprint density at radius 1 is 1.12 bits per heavy atom. The highest BCUT2D eigenvalue weighted by molar-refractivity contribution is 7.89. The third-order valence-corrected chi connectivity index (χ3v) is 7.22. The van der Waals surface area contributed by atoms with Crippen LogP contribution in [0.3, 0.4) is 0 Å². The zero-order chi connectivity index (χ0) is 18.9. The third kappa shape index (κ3) is 3.84. The zero-order valence-electron chi connectivity index (χ0n) is 14.9. The molecule has 2 aliphatic rings. The standard InChI is InChI=1S/C17H25N3O5S/c1-13-4-10-19(11-5-13)26(24,25)15-2-3-16(17(12-15)20(22)23)18-8-6-14(21)7-9-18/h2-3,12-14,21H,4-11H2,1H3. The molecule has 0 saturated carbocycles. The smallest absolute Gasteiger partial charge is 0.293 e. The van der Waals surface area contributed by atoms with Gasteiger partial charge in [-0.05, 0) is 43.7 Å². The van der Waals surface area contributed by atoms with E-state index < -0.39 is 14.9 Å².